The van der Waals surface area contributed by atoms with Gasteiger partial charge in [-0.25, -0.2) is 4.39 Å². The van der Waals surface area contributed by atoms with Crippen molar-refractivity contribution in [3.8, 4) is 0 Å². The van der Waals surface area contributed by atoms with E-state index in [1.54, 1.807) is 12.1 Å². The van der Waals surface area contributed by atoms with E-state index in [1.807, 2.05) is 24.3 Å². The molecule has 2 nitrogen and oxygen atoms in total. The predicted octanol–water partition coefficient (Wildman–Crippen LogP) is 4.20. The van der Waals surface area contributed by atoms with Crippen LogP contribution < -0.4 is 10.6 Å². The Hall–Kier alpha value is -1.65. The normalized spacial score (nSPS) is 15.2. The molecule has 0 bridgehead atoms. The molecule has 2 aromatic rings. The van der Waals surface area contributed by atoms with E-state index in [9.17, 15) is 4.39 Å². The zero-order valence-corrected chi connectivity index (χ0v) is 13.4. The van der Waals surface area contributed by atoms with Gasteiger partial charge < -0.3 is 10.6 Å². The fraction of sp³-hybridized carbons (Fsp3) is 0.235. The molecule has 0 heterocycles. The summed E-state index contributed by atoms with van der Waals surface area (Å²) in [5, 5.41) is 7.80. The second kappa shape index (κ2) is 6.63. The fourth-order valence-electron chi connectivity index (χ4n) is 2.29. The molecule has 0 spiro atoms. The Morgan fingerprint density at radius 1 is 1.14 bits per heavy atom. The minimum Gasteiger partial charge on any atom is -0.360 e. The molecular weight excluding hydrogens is 319 g/mol. The predicted molar refractivity (Wildman–Crippen MR) is 91.6 cm³/mol. The summed E-state index contributed by atoms with van der Waals surface area (Å²) in [6.45, 7) is 0. The molecule has 22 heavy (non-hydrogen) atoms. The number of nitrogens with one attached hydrogen (secondary N) is 2. The maximum absolute atomic E-state index is 13.2. The summed E-state index contributed by atoms with van der Waals surface area (Å²) >= 11 is 11.7. The Balaban J connectivity index is 1.88. The molecule has 0 amide bonds. The Labute approximate surface area is 139 Å². The van der Waals surface area contributed by atoms with Gasteiger partial charge in [0.2, 0.25) is 0 Å². The lowest BCUT2D eigenvalue weighted by atomic mass is 9.99. The van der Waals surface area contributed by atoms with Crippen molar-refractivity contribution < 1.29 is 4.39 Å². The standard InChI is InChI=1S/C17H16ClFN2S/c18-15-4-2-1-3-14(15)16(11-5-7-12(19)8-6-11)21-17(22)20-13-9-10-13/h1-8,13,16H,9-10H2,(H2,20,21,22)/t16-/m1/s1. The molecule has 2 aromatic carbocycles. The Kier molecular flexibility index (Phi) is 4.60. The quantitative estimate of drug-likeness (QED) is 0.820. The Morgan fingerprint density at radius 3 is 2.45 bits per heavy atom. The summed E-state index contributed by atoms with van der Waals surface area (Å²) in [6, 6.07) is 14.2. The van der Waals surface area contributed by atoms with Crippen LogP contribution in [0, 0.1) is 5.82 Å². The van der Waals surface area contributed by atoms with Gasteiger partial charge in [0, 0.05) is 11.1 Å². The molecule has 2 N–H and O–H groups in total. The molecule has 0 saturated heterocycles. The topological polar surface area (TPSA) is 24.1 Å². The lowest BCUT2D eigenvalue weighted by Crippen LogP contribution is -2.39. The van der Waals surface area contributed by atoms with Crippen molar-refractivity contribution in [2.75, 3.05) is 0 Å². The van der Waals surface area contributed by atoms with Crippen LogP contribution in [0.3, 0.4) is 0 Å². The molecule has 1 aliphatic rings. The van der Waals surface area contributed by atoms with Crippen molar-refractivity contribution in [2.45, 2.75) is 24.9 Å². The molecule has 114 valence electrons. The maximum Gasteiger partial charge on any atom is 0.167 e. The van der Waals surface area contributed by atoms with Gasteiger partial charge in [0.25, 0.3) is 0 Å². The highest BCUT2D eigenvalue weighted by atomic mass is 35.5. The highest BCUT2D eigenvalue weighted by molar-refractivity contribution is 7.80. The Bertz CT molecular complexity index is 671. The van der Waals surface area contributed by atoms with Crippen LogP contribution in [0.4, 0.5) is 4.39 Å². The molecule has 1 aliphatic carbocycles. The molecule has 0 aromatic heterocycles. The van der Waals surface area contributed by atoms with E-state index in [2.05, 4.69) is 10.6 Å². The van der Waals surface area contributed by atoms with Crippen molar-refractivity contribution in [1.82, 2.24) is 10.6 Å². The molecule has 1 saturated carbocycles. The minimum absolute atomic E-state index is 0.215. The third-order valence-corrected chi connectivity index (χ3v) is 4.19. The van der Waals surface area contributed by atoms with Crippen molar-refractivity contribution >= 4 is 28.9 Å². The molecule has 1 fully saturated rings. The van der Waals surface area contributed by atoms with Crippen LogP contribution in [0.15, 0.2) is 48.5 Å². The van der Waals surface area contributed by atoms with Crippen molar-refractivity contribution in [2.24, 2.45) is 0 Å². The third kappa shape index (κ3) is 3.76. The van der Waals surface area contributed by atoms with Gasteiger partial charge in [0.1, 0.15) is 5.82 Å². The zero-order valence-electron chi connectivity index (χ0n) is 11.9. The smallest absolute Gasteiger partial charge is 0.167 e. The fourth-order valence-corrected chi connectivity index (χ4v) is 2.82. The SMILES string of the molecule is Fc1ccc([C@@H](NC(=S)NC2CC2)c2ccccc2Cl)cc1. The van der Waals surface area contributed by atoms with Crippen LogP contribution in [0.25, 0.3) is 0 Å². The second-order valence-corrected chi connectivity index (χ2v) is 6.21. The summed E-state index contributed by atoms with van der Waals surface area (Å²) in [5.41, 5.74) is 1.82. The zero-order chi connectivity index (χ0) is 15.5. The van der Waals surface area contributed by atoms with Crippen LogP contribution >= 0.6 is 23.8 Å². The average molecular weight is 335 g/mol. The Morgan fingerprint density at radius 2 is 1.82 bits per heavy atom. The average Bonchev–Trinajstić information content (AvgIpc) is 3.31. The molecule has 0 unspecified atom stereocenters. The van der Waals surface area contributed by atoms with E-state index in [1.165, 1.54) is 12.1 Å². The van der Waals surface area contributed by atoms with Crippen LogP contribution in [-0.4, -0.2) is 11.2 Å². The van der Waals surface area contributed by atoms with Crippen molar-refractivity contribution in [3.63, 3.8) is 0 Å². The van der Waals surface area contributed by atoms with Crippen LogP contribution in [-0.2, 0) is 0 Å². The van der Waals surface area contributed by atoms with E-state index in [4.69, 9.17) is 23.8 Å². The monoisotopic (exact) mass is 334 g/mol. The van der Waals surface area contributed by atoms with Gasteiger partial charge >= 0.3 is 0 Å². The summed E-state index contributed by atoms with van der Waals surface area (Å²) in [4.78, 5) is 0. The minimum atomic E-state index is -0.264. The second-order valence-electron chi connectivity index (χ2n) is 5.40. The maximum atomic E-state index is 13.2. The first-order chi connectivity index (χ1) is 10.6. The van der Waals surface area contributed by atoms with Crippen LogP contribution in [0.2, 0.25) is 5.02 Å². The molecule has 0 aliphatic heterocycles. The first-order valence-corrected chi connectivity index (χ1v) is 7.99. The van der Waals surface area contributed by atoms with Gasteiger partial charge in [-0.1, -0.05) is 41.9 Å². The molecule has 3 rings (SSSR count). The highest BCUT2D eigenvalue weighted by Crippen LogP contribution is 2.28. The summed E-state index contributed by atoms with van der Waals surface area (Å²) in [5.74, 6) is -0.264. The molecule has 5 heteroatoms. The first-order valence-electron chi connectivity index (χ1n) is 7.20. The molecular formula is C17H16ClFN2S. The van der Waals surface area contributed by atoms with Gasteiger partial charge in [-0.15, -0.1) is 0 Å². The van der Waals surface area contributed by atoms with Crippen molar-refractivity contribution in [3.05, 3.63) is 70.5 Å². The molecule has 1 atom stereocenters. The number of thiocarbonyl (C=S) groups is 1. The van der Waals surface area contributed by atoms with Crippen LogP contribution in [0.5, 0.6) is 0 Å². The van der Waals surface area contributed by atoms with Gasteiger partial charge in [0.05, 0.1) is 6.04 Å². The number of halogens is 2. The lowest BCUT2D eigenvalue weighted by molar-refractivity contribution is 0.625. The van der Waals surface area contributed by atoms with Gasteiger partial charge in [0.15, 0.2) is 5.11 Å². The van der Waals surface area contributed by atoms with E-state index in [-0.39, 0.29) is 11.9 Å². The van der Waals surface area contributed by atoms with Gasteiger partial charge in [-0.05, 0) is 54.4 Å². The molecule has 0 radical (unpaired) electrons. The van der Waals surface area contributed by atoms with Gasteiger partial charge in [-0.2, -0.15) is 0 Å². The largest absolute Gasteiger partial charge is 0.360 e. The summed E-state index contributed by atoms with van der Waals surface area (Å²) in [7, 11) is 0. The van der Waals surface area contributed by atoms with Crippen molar-refractivity contribution in [1.29, 1.82) is 0 Å². The van der Waals surface area contributed by atoms with E-state index in [0.717, 1.165) is 24.0 Å². The number of benzene rings is 2. The number of hydrogen-bond donors (Lipinski definition) is 2. The number of hydrogen-bond acceptors (Lipinski definition) is 1. The van der Waals surface area contributed by atoms with E-state index >= 15 is 0 Å². The van der Waals surface area contributed by atoms with Crippen LogP contribution in [0.1, 0.15) is 30.0 Å². The van der Waals surface area contributed by atoms with E-state index in [0.29, 0.717) is 16.2 Å². The number of rotatable bonds is 4. The van der Waals surface area contributed by atoms with E-state index < -0.39 is 0 Å². The summed E-state index contributed by atoms with van der Waals surface area (Å²) < 4.78 is 13.2. The third-order valence-electron chi connectivity index (χ3n) is 3.61. The summed E-state index contributed by atoms with van der Waals surface area (Å²) in [6.07, 6.45) is 2.30. The van der Waals surface area contributed by atoms with Gasteiger partial charge in [-0.3, -0.25) is 0 Å². The highest BCUT2D eigenvalue weighted by Gasteiger charge is 2.24. The first kappa shape index (κ1) is 15.3. The lowest BCUT2D eigenvalue weighted by Gasteiger charge is -2.23.